The van der Waals surface area contributed by atoms with Gasteiger partial charge in [0.15, 0.2) is 5.52 Å². The summed E-state index contributed by atoms with van der Waals surface area (Å²) in [6, 6.07) is 3.47. The number of ether oxygens (including phenoxy) is 1. The number of methoxy groups -OCH3 is 1. The second kappa shape index (κ2) is 5.11. The normalized spacial score (nSPS) is 25.9. The average Bonchev–Trinajstić information content (AvgIpc) is 3.15. The molecule has 2 aliphatic carbocycles. The second-order valence-corrected chi connectivity index (χ2v) is 6.73. The molecular formula is C16H20N4O3. The van der Waals surface area contributed by atoms with Crippen LogP contribution in [0.15, 0.2) is 12.1 Å². The van der Waals surface area contributed by atoms with E-state index < -0.39 is 0 Å². The minimum atomic E-state index is 0.0796. The van der Waals surface area contributed by atoms with Crippen LogP contribution < -0.4 is 19.6 Å². The third-order valence-corrected chi connectivity index (χ3v) is 5.35. The molecule has 4 rings (SSSR count). The highest BCUT2D eigenvalue weighted by Crippen LogP contribution is 2.45. The van der Waals surface area contributed by atoms with Gasteiger partial charge in [-0.25, -0.2) is 4.73 Å². The lowest BCUT2D eigenvalue weighted by atomic mass is 9.95. The second-order valence-electron chi connectivity index (χ2n) is 6.73. The van der Waals surface area contributed by atoms with Crippen LogP contribution in [-0.2, 0) is 0 Å². The van der Waals surface area contributed by atoms with E-state index in [1.807, 2.05) is 6.92 Å². The van der Waals surface area contributed by atoms with Gasteiger partial charge in [0.25, 0.3) is 5.52 Å². The molecule has 0 saturated heterocycles. The van der Waals surface area contributed by atoms with Gasteiger partial charge in [-0.05, 0) is 50.0 Å². The number of anilines is 1. The van der Waals surface area contributed by atoms with E-state index in [4.69, 9.17) is 4.74 Å². The highest BCUT2D eigenvalue weighted by molar-refractivity contribution is 5.72. The summed E-state index contributed by atoms with van der Waals surface area (Å²) in [5, 5.41) is 32.0. The van der Waals surface area contributed by atoms with Gasteiger partial charge in [0.05, 0.1) is 13.2 Å². The zero-order valence-electron chi connectivity index (χ0n) is 13.3. The summed E-state index contributed by atoms with van der Waals surface area (Å²) in [5.41, 5.74) is 1.31. The Morgan fingerprint density at radius 2 is 2.04 bits per heavy atom. The molecule has 2 saturated carbocycles. The van der Waals surface area contributed by atoms with Crippen LogP contribution in [0, 0.1) is 29.2 Å². The molecule has 0 unspecified atom stereocenters. The van der Waals surface area contributed by atoms with Crippen molar-refractivity contribution < 1.29 is 14.3 Å². The number of benzene rings is 1. The monoisotopic (exact) mass is 316 g/mol. The molecule has 1 heterocycles. The largest absolute Gasteiger partial charge is 0.739 e. The molecule has 0 radical (unpaired) electrons. The Labute approximate surface area is 134 Å². The van der Waals surface area contributed by atoms with E-state index in [0.29, 0.717) is 21.2 Å². The number of aromatic nitrogens is 3. The zero-order valence-corrected chi connectivity index (χ0v) is 13.3. The Hall–Kier alpha value is -2.31. The van der Waals surface area contributed by atoms with E-state index >= 15 is 0 Å². The van der Waals surface area contributed by atoms with Gasteiger partial charge in [-0.15, -0.1) is 0 Å². The van der Waals surface area contributed by atoms with Crippen LogP contribution in [0.2, 0.25) is 0 Å². The number of fused-ring (bicyclic) bond motifs is 3. The van der Waals surface area contributed by atoms with Crippen LogP contribution in [0.1, 0.15) is 31.2 Å². The fraction of sp³-hybridized carbons (Fsp3) is 0.562. The smallest absolute Gasteiger partial charge is 0.461 e. The van der Waals surface area contributed by atoms with Gasteiger partial charge in [0, 0.05) is 17.0 Å². The van der Waals surface area contributed by atoms with Crippen LogP contribution in [0.4, 0.5) is 5.95 Å². The molecule has 122 valence electrons. The van der Waals surface area contributed by atoms with Gasteiger partial charge < -0.3 is 15.2 Å². The van der Waals surface area contributed by atoms with Gasteiger partial charge in [-0.1, -0.05) is 0 Å². The molecule has 2 aromatic rings. The molecule has 7 nitrogen and oxygen atoms in total. The van der Waals surface area contributed by atoms with E-state index in [2.05, 4.69) is 10.4 Å². The SMILES string of the molecule is COc1cc2c(cc1C)[n+]([O-])nc(N[C@@H]1C[C@@H]3CC[C@@H]1C3)[n+]2[O-]. The maximum atomic E-state index is 12.6. The predicted octanol–water partition coefficient (Wildman–Crippen LogP) is 1.42. The fourth-order valence-electron chi connectivity index (χ4n) is 4.17. The molecule has 1 aromatic carbocycles. The van der Waals surface area contributed by atoms with Crippen LogP contribution in [-0.4, -0.2) is 18.3 Å². The molecule has 0 amide bonds. The van der Waals surface area contributed by atoms with Crippen molar-refractivity contribution in [3.8, 4) is 5.75 Å². The molecule has 23 heavy (non-hydrogen) atoms. The standard InChI is InChI=1S/C16H20N4O3/c1-9-5-14-13(8-15(9)23-2)19(21)16(18-20(14)22)17-12-7-10-3-4-11(12)6-10/h5,8,10-12H,3-4,6-7H2,1-2H3,(H,17,18)/t10-,11-,12-/m1/s1. The Morgan fingerprint density at radius 1 is 1.22 bits per heavy atom. The number of nitrogens with one attached hydrogen (secondary N) is 1. The first-order chi connectivity index (χ1) is 11.1. The van der Waals surface area contributed by atoms with E-state index in [0.717, 1.165) is 17.9 Å². The van der Waals surface area contributed by atoms with E-state index in [1.165, 1.54) is 19.3 Å². The topological polar surface area (TPSA) is 88.0 Å². The van der Waals surface area contributed by atoms with E-state index in [1.54, 1.807) is 19.2 Å². The van der Waals surface area contributed by atoms with Crippen LogP contribution in [0.25, 0.3) is 11.0 Å². The Kier molecular flexibility index (Phi) is 3.18. The maximum absolute atomic E-state index is 12.6. The summed E-state index contributed by atoms with van der Waals surface area (Å²) in [6.45, 7) is 1.83. The van der Waals surface area contributed by atoms with Crippen molar-refractivity contribution in [2.45, 2.75) is 38.6 Å². The lowest BCUT2D eigenvalue weighted by molar-refractivity contribution is -0.672. The molecule has 0 aliphatic heterocycles. The van der Waals surface area contributed by atoms with Crippen LogP contribution in [0.5, 0.6) is 5.75 Å². The lowest BCUT2D eigenvalue weighted by Crippen LogP contribution is -2.46. The van der Waals surface area contributed by atoms with Crippen molar-refractivity contribution in [3.05, 3.63) is 28.1 Å². The van der Waals surface area contributed by atoms with Gasteiger partial charge in [-0.2, -0.15) is 0 Å². The zero-order chi connectivity index (χ0) is 16.1. The summed E-state index contributed by atoms with van der Waals surface area (Å²) in [7, 11) is 1.55. The Morgan fingerprint density at radius 3 is 2.70 bits per heavy atom. The van der Waals surface area contributed by atoms with Gasteiger partial charge in [-0.3, -0.25) is 5.32 Å². The van der Waals surface area contributed by atoms with Crippen molar-refractivity contribution in [2.75, 3.05) is 12.4 Å². The first kappa shape index (κ1) is 14.3. The number of hydrogen-bond acceptors (Lipinski definition) is 5. The van der Waals surface area contributed by atoms with Crippen LogP contribution in [0.3, 0.4) is 0 Å². The third-order valence-electron chi connectivity index (χ3n) is 5.35. The molecule has 1 aromatic heterocycles. The summed E-state index contributed by atoms with van der Waals surface area (Å²) in [5.74, 6) is 2.00. The maximum Gasteiger partial charge on any atom is 0.461 e. The number of aryl methyl sites for hydroxylation is 1. The summed E-state index contributed by atoms with van der Waals surface area (Å²) in [4.78, 5) is 0.520. The molecule has 2 fully saturated rings. The first-order valence-corrected chi connectivity index (χ1v) is 8.05. The van der Waals surface area contributed by atoms with Crippen molar-refractivity contribution >= 4 is 17.0 Å². The Bertz CT molecular complexity index is 780. The molecule has 0 spiro atoms. The first-order valence-electron chi connectivity index (χ1n) is 8.05. The Balaban J connectivity index is 1.75. The molecular weight excluding hydrogens is 296 g/mol. The van der Waals surface area contributed by atoms with E-state index in [-0.39, 0.29) is 23.0 Å². The molecule has 3 atom stereocenters. The number of nitrogens with zero attached hydrogens (tertiary/aromatic N) is 3. The van der Waals surface area contributed by atoms with Gasteiger partial charge in [0.2, 0.25) is 5.10 Å². The van der Waals surface area contributed by atoms with E-state index in [9.17, 15) is 10.4 Å². The summed E-state index contributed by atoms with van der Waals surface area (Å²) in [6.07, 6.45) is 4.75. The van der Waals surface area contributed by atoms with Gasteiger partial charge in [0.1, 0.15) is 5.75 Å². The van der Waals surface area contributed by atoms with Gasteiger partial charge >= 0.3 is 5.95 Å². The highest BCUT2D eigenvalue weighted by atomic mass is 16.5. The minimum Gasteiger partial charge on any atom is -0.739 e. The molecule has 1 N–H and O–H groups in total. The quantitative estimate of drug-likeness (QED) is 0.683. The predicted molar refractivity (Wildman–Crippen MR) is 83.8 cm³/mol. The minimum absolute atomic E-state index is 0.0796. The van der Waals surface area contributed by atoms with Crippen molar-refractivity contribution in [2.24, 2.45) is 11.8 Å². The molecule has 2 bridgehead atoms. The third kappa shape index (κ3) is 2.22. The summed E-state index contributed by atoms with van der Waals surface area (Å²) >= 11 is 0. The fourth-order valence-corrected chi connectivity index (χ4v) is 4.17. The van der Waals surface area contributed by atoms with Crippen molar-refractivity contribution in [1.29, 1.82) is 0 Å². The number of rotatable bonds is 3. The molecule has 2 aliphatic rings. The highest BCUT2D eigenvalue weighted by Gasteiger charge is 2.42. The lowest BCUT2D eigenvalue weighted by Gasteiger charge is -2.20. The average molecular weight is 316 g/mol. The van der Waals surface area contributed by atoms with Crippen LogP contribution >= 0.6 is 0 Å². The van der Waals surface area contributed by atoms with Crippen molar-refractivity contribution in [1.82, 2.24) is 5.10 Å². The molecule has 7 heteroatoms. The number of hydrogen-bond donors (Lipinski definition) is 1. The van der Waals surface area contributed by atoms with Crippen molar-refractivity contribution in [3.63, 3.8) is 0 Å². The summed E-state index contributed by atoms with van der Waals surface area (Å²) < 4.78 is 5.96.